The van der Waals surface area contributed by atoms with Crippen LogP contribution in [0.25, 0.3) is 0 Å². The van der Waals surface area contributed by atoms with Crippen molar-refractivity contribution in [3.05, 3.63) is 34.3 Å². The zero-order valence-corrected chi connectivity index (χ0v) is 10.6. The van der Waals surface area contributed by atoms with Gasteiger partial charge in [0.1, 0.15) is 0 Å². The smallest absolute Gasteiger partial charge is 0.0408 e. The zero-order chi connectivity index (χ0) is 11.5. The molecule has 0 aromatic heterocycles. The van der Waals surface area contributed by atoms with Crippen molar-refractivity contribution in [1.29, 1.82) is 0 Å². The lowest BCUT2D eigenvalue weighted by atomic mass is 9.83. The third-order valence-electron chi connectivity index (χ3n) is 3.85. The highest BCUT2D eigenvalue weighted by Gasteiger charge is 2.26. The largest absolute Gasteiger partial charge is 0.330 e. The van der Waals surface area contributed by atoms with Gasteiger partial charge in [-0.25, -0.2) is 0 Å². The molecular weight excluding hydrogens is 218 g/mol. The first kappa shape index (κ1) is 11.9. The van der Waals surface area contributed by atoms with Gasteiger partial charge >= 0.3 is 0 Å². The van der Waals surface area contributed by atoms with E-state index < -0.39 is 0 Å². The molecule has 2 rings (SSSR count). The fourth-order valence-electron chi connectivity index (χ4n) is 2.99. The first-order chi connectivity index (χ1) is 7.72. The number of nitrogens with two attached hydrogens (primary N) is 1. The van der Waals surface area contributed by atoms with E-state index >= 15 is 0 Å². The second-order valence-electron chi connectivity index (χ2n) is 4.89. The first-order valence-electron chi connectivity index (χ1n) is 6.18. The van der Waals surface area contributed by atoms with Crippen LogP contribution in [0.2, 0.25) is 5.02 Å². The molecule has 1 aromatic carbocycles. The molecule has 0 aliphatic heterocycles. The summed E-state index contributed by atoms with van der Waals surface area (Å²) in [5, 5.41) is 0.823. The highest BCUT2D eigenvalue weighted by atomic mass is 35.5. The Morgan fingerprint density at radius 1 is 1.38 bits per heavy atom. The van der Waals surface area contributed by atoms with Crippen molar-refractivity contribution < 1.29 is 0 Å². The summed E-state index contributed by atoms with van der Waals surface area (Å²) >= 11 is 5.99. The number of rotatable bonds is 3. The minimum absolute atomic E-state index is 0.528. The quantitative estimate of drug-likeness (QED) is 0.848. The van der Waals surface area contributed by atoms with Gasteiger partial charge in [0.05, 0.1) is 0 Å². The van der Waals surface area contributed by atoms with Gasteiger partial charge in [0.25, 0.3) is 0 Å². The fourth-order valence-corrected chi connectivity index (χ4v) is 3.21. The molecule has 0 heterocycles. The Hall–Kier alpha value is -0.530. The lowest BCUT2D eigenvalue weighted by molar-refractivity contribution is 0.439. The van der Waals surface area contributed by atoms with Crippen LogP contribution in [-0.2, 0) is 0 Å². The molecule has 2 heteroatoms. The molecule has 1 unspecified atom stereocenters. The summed E-state index contributed by atoms with van der Waals surface area (Å²) in [5.41, 5.74) is 8.65. The summed E-state index contributed by atoms with van der Waals surface area (Å²) in [6, 6.07) is 6.20. The summed E-state index contributed by atoms with van der Waals surface area (Å²) < 4.78 is 0. The van der Waals surface area contributed by atoms with Crippen molar-refractivity contribution in [1.82, 2.24) is 0 Å². The molecule has 1 saturated carbocycles. The van der Waals surface area contributed by atoms with Crippen LogP contribution < -0.4 is 5.73 Å². The highest BCUT2D eigenvalue weighted by Crippen LogP contribution is 2.38. The summed E-state index contributed by atoms with van der Waals surface area (Å²) in [6.07, 6.45) is 5.41. The lowest BCUT2D eigenvalue weighted by Crippen LogP contribution is -2.20. The van der Waals surface area contributed by atoms with Gasteiger partial charge in [-0.2, -0.15) is 0 Å². The molecule has 16 heavy (non-hydrogen) atoms. The van der Waals surface area contributed by atoms with Gasteiger partial charge < -0.3 is 5.73 Å². The summed E-state index contributed by atoms with van der Waals surface area (Å²) in [4.78, 5) is 0. The maximum atomic E-state index is 5.99. The summed E-state index contributed by atoms with van der Waals surface area (Å²) in [5.74, 6) is 1.31. The molecular formula is C14H20ClN. The summed E-state index contributed by atoms with van der Waals surface area (Å²) in [7, 11) is 0. The molecule has 1 fully saturated rings. The van der Waals surface area contributed by atoms with Crippen LogP contribution in [0.1, 0.15) is 42.7 Å². The molecule has 88 valence electrons. The van der Waals surface area contributed by atoms with Gasteiger partial charge in [0.15, 0.2) is 0 Å². The second kappa shape index (κ2) is 5.20. The Kier molecular flexibility index (Phi) is 3.88. The Morgan fingerprint density at radius 3 is 2.62 bits per heavy atom. The molecule has 0 bridgehead atoms. The first-order valence-corrected chi connectivity index (χ1v) is 6.56. The predicted octanol–water partition coefficient (Wildman–Crippen LogP) is 3.88. The zero-order valence-electron chi connectivity index (χ0n) is 9.88. The van der Waals surface area contributed by atoms with Crippen molar-refractivity contribution in [2.45, 2.75) is 38.5 Å². The van der Waals surface area contributed by atoms with E-state index in [9.17, 15) is 0 Å². The monoisotopic (exact) mass is 237 g/mol. The van der Waals surface area contributed by atoms with E-state index in [2.05, 4.69) is 19.1 Å². The normalized spacial score (nSPS) is 18.9. The molecule has 1 aliphatic rings. The number of benzene rings is 1. The molecule has 1 atom stereocenters. The van der Waals surface area contributed by atoms with E-state index in [4.69, 9.17) is 17.3 Å². The number of hydrogen-bond donors (Lipinski definition) is 1. The van der Waals surface area contributed by atoms with E-state index in [-0.39, 0.29) is 0 Å². The SMILES string of the molecule is Cc1cc(Cl)ccc1C(CN)C1CCCC1. The van der Waals surface area contributed by atoms with Gasteiger partial charge in [0, 0.05) is 5.02 Å². The van der Waals surface area contributed by atoms with Crippen LogP contribution in [-0.4, -0.2) is 6.54 Å². The van der Waals surface area contributed by atoms with E-state index in [1.807, 2.05) is 6.07 Å². The van der Waals surface area contributed by atoms with Crippen LogP contribution in [0.3, 0.4) is 0 Å². The van der Waals surface area contributed by atoms with E-state index in [1.165, 1.54) is 36.8 Å². The van der Waals surface area contributed by atoms with Crippen molar-refractivity contribution >= 4 is 11.6 Å². The Morgan fingerprint density at radius 2 is 2.06 bits per heavy atom. The average molecular weight is 238 g/mol. The van der Waals surface area contributed by atoms with E-state index in [0.29, 0.717) is 5.92 Å². The molecule has 0 spiro atoms. The molecule has 0 saturated heterocycles. The topological polar surface area (TPSA) is 26.0 Å². The third kappa shape index (κ3) is 2.41. The Bertz CT molecular complexity index is 356. The van der Waals surface area contributed by atoms with Crippen LogP contribution >= 0.6 is 11.6 Å². The van der Waals surface area contributed by atoms with Gasteiger partial charge in [-0.15, -0.1) is 0 Å². The number of hydrogen-bond acceptors (Lipinski definition) is 1. The number of halogens is 1. The van der Waals surface area contributed by atoms with Crippen LogP contribution in [0, 0.1) is 12.8 Å². The molecule has 2 N–H and O–H groups in total. The van der Waals surface area contributed by atoms with Crippen molar-refractivity contribution in [2.75, 3.05) is 6.54 Å². The van der Waals surface area contributed by atoms with Crippen molar-refractivity contribution in [2.24, 2.45) is 11.7 Å². The number of aryl methyl sites for hydroxylation is 1. The van der Waals surface area contributed by atoms with Crippen LogP contribution in [0.5, 0.6) is 0 Å². The fraction of sp³-hybridized carbons (Fsp3) is 0.571. The summed E-state index contributed by atoms with van der Waals surface area (Å²) in [6.45, 7) is 2.89. The maximum Gasteiger partial charge on any atom is 0.0408 e. The van der Waals surface area contributed by atoms with Crippen LogP contribution in [0.15, 0.2) is 18.2 Å². The van der Waals surface area contributed by atoms with Gasteiger partial charge in [-0.3, -0.25) is 0 Å². The van der Waals surface area contributed by atoms with E-state index in [0.717, 1.165) is 17.5 Å². The molecule has 1 aromatic rings. The van der Waals surface area contributed by atoms with E-state index in [1.54, 1.807) is 0 Å². The molecule has 1 nitrogen and oxygen atoms in total. The van der Waals surface area contributed by atoms with Crippen molar-refractivity contribution in [3.8, 4) is 0 Å². The molecule has 1 aliphatic carbocycles. The minimum Gasteiger partial charge on any atom is -0.330 e. The maximum absolute atomic E-state index is 5.99. The predicted molar refractivity (Wildman–Crippen MR) is 69.9 cm³/mol. The second-order valence-corrected chi connectivity index (χ2v) is 5.32. The highest BCUT2D eigenvalue weighted by molar-refractivity contribution is 6.30. The van der Waals surface area contributed by atoms with Crippen LogP contribution in [0.4, 0.5) is 0 Å². The molecule has 0 radical (unpaired) electrons. The Balaban J connectivity index is 2.25. The van der Waals surface area contributed by atoms with Gasteiger partial charge in [0.2, 0.25) is 0 Å². The molecule has 0 amide bonds. The Labute approximate surface area is 103 Å². The minimum atomic E-state index is 0.528. The van der Waals surface area contributed by atoms with Crippen molar-refractivity contribution in [3.63, 3.8) is 0 Å². The average Bonchev–Trinajstić information content (AvgIpc) is 2.75. The third-order valence-corrected chi connectivity index (χ3v) is 4.09. The van der Waals surface area contributed by atoms with Gasteiger partial charge in [-0.05, 0) is 61.4 Å². The lowest BCUT2D eigenvalue weighted by Gasteiger charge is -2.24. The standard InChI is InChI=1S/C14H20ClN/c1-10-8-12(15)6-7-13(10)14(9-16)11-4-2-3-5-11/h6-8,11,14H,2-5,9,16H2,1H3. The van der Waals surface area contributed by atoms with Gasteiger partial charge in [-0.1, -0.05) is 30.5 Å².